The largest absolute Gasteiger partial charge is 0.331 e. The fourth-order valence-corrected chi connectivity index (χ4v) is 0.118. The van der Waals surface area contributed by atoms with Gasteiger partial charge in [0.1, 0.15) is 0 Å². The van der Waals surface area contributed by atoms with E-state index in [1.807, 2.05) is 13.8 Å². The fourth-order valence-electron chi connectivity index (χ4n) is 0.118. The molecule has 11 heavy (non-hydrogen) atoms. The minimum Gasteiger partial charge on any atom is -0.331 e. The van der Waals surface area contributed by atoms with E-state index in [9.17, 15) is 0 Å². The summed E-state index contributed by atoms with van der Waals surface area (Å²) in [6, 6.07) is 0. The Morgan fingerprint density at radius 2 is 0.909 bits per heavy atom. The Bertz CT molecular complexity index is 29.6. The zero-order chi connectivity index (χ0) is 9.54. The first-order chi connectivity index (χ1) is 5.24. The van der Waals surface area contributed by atoms with Crippen molar-refractivity contribution in [3.8, 4) is 0 Å². The van der Waals surface area contributed by atoms with Gasteiger partial charge in [0.25, 0.3) is 0 Å². The van der Waals surface area contributed by atoms with Crippen LogP contribution in [0.4, 0.5) is 0 Å². The molecule has 0 bridgehead atoms. The van der Waals surface area contributed by atoms with Crippen LogP contribution in [0.5, 0.6) is 0 Å². The average molecular weight is 164 g/mol. The van der Waals surface area contributed by atoms with E-state index in [1.165, 1.54) is 0 Å². The Labute approximate surface area is 70.3 Å². The molecule has 0 saturated heterocycles. The molecule has 0 unspecified atom stereocenters. The first-order valence-electron chi connectivity index (χ1n) is 4.05. The molecule has 0 amide bonds. The van der Waals surface area contributed by atoms with Gasteiger partial charge in [0.05, 0.1) is 0 Å². The lowest BCUT2D eigenvalue weighted by Gasteiger charge is -1.81. The van der Waals surface area contributed by atoms with E-state index in [2.05, 4.69) is 0 Å². The summed E-state index contributed by atoms with van der Waals surface area (Å²) in [5.74, 6) is 0. The summed E-state index contributed by atoms with van der Waals surface area (Å²) < 4.78 is 0. The molecule has 72 valence electrons. The summed E-state index contributed by atoms with van der Waals surface area (Å²) in [6.45, 7) is 6.74. The lowest BCUT2D eigenvalue weighted by atomic mass is 10.4. The van der Waals surface area contributed by atoms with Gasteiger partial charge >= 0.3 is 0 Å². The van der Waals surface area contributed by atoms with E-state index < -0.39 is 0 Å². The third-order valence-corrected chi connectivity index (χ3v) is 0.408. The average Bonchev–Trinajstić information content (AvgIpc) is 1.92. The molecule has 0 aromatic rings. The normalized spacial score (nSPS) is 7.09. The van der Waals surface area contributed by atoms with Crippen molar-refractivity contribution in [3.63, 3.8) is 0 Å². The summed E-state index contributed by atoms with van der Waals surface area (Å²) in [4.78, 5) is 0. The molecule has 0 fully saturated rings. The molecule has 0 aliphatic rings. The smallest absolute Gasteiger partial charge is 0.00653 e. The van der Waals surface area contributed by atoms with Crippen LogP contribution in [0, 0.1) is 0 Å². The van der Waals surface area contributed by atoms with Crippen LogP contribution in [0.15, 0.2) is 0 Å². The lowest BCUT2D eigenvalue weighted by molar-refractivity contribution is 0.844. The molecule has 0 rings (SSSR count). The molecule has 0 spiro atoms. The van der Waals surface area contributed by atoms with E-state index in [0.29, 0.717) is 0 Å². The van der Waals surface area contributed by atoms with Crippen molar-refractivity contribution >= 4 is 0 Å². The van der Waals surface area contributed by atoms with Gasteiger partial charge in [-0.05, 0) is 32.6 Å². The van der Waals surface area contributed by atoms with Gasteiger partial charge in [-0.3, -0.25) is 0 Å². The van der Waals surface area contributed by atoms with E-state index >= 15 is 0 Å². The summed E-state index contributed by atoms with van der Waals surface area (Å²) in [6.07, 6.45) is 0.944. The highest BCUT2D eigenvalue weighted by molar-refractivity contribution is 4.33. The van der Waals surface area contributed by atoms with E-state index in [-0.39, 0.29) is 0 Å². The Hall–Kier alpha value is -0.160. The molecule has 0 aliphatic carbocycles. The van der Waals surface area contributed by atoms with Crippen LogP contribution in [0.2, 0.25) is 0 Å². The van der Waals surface area contributed by atoms with Crippen LogP contribution in [-0.2, 0) is 0 Å². The molecular formula is C7H24N4. The molecule has 8 N–H and O–H groups in total. The zero-order valence-electron chi connectivity index (χ0n) is 7.84. The van der Waals surface area contributed by atoms with Gasteiger partial charge in [0.15, 0.2) is 0 Å². The Morgan fingerprint density at radius 3 is 0.909 bits per heavy atom. The van der Waals surface area contributed by atoms with Gasteiger partial charge in [0.2, 0.25) is 0 Å². The van der Waals surface area contributed by atoms with Crippen LogP contribution in [-0.4, -0.2) is 26.2 Å². The first-order valence-corrected chi connectivity index (χ1v) is 4.05. The maximum atomic E-state index is 5.06. The quantitative estimate of drug-likeness (QED) is 0.430. The van der Waals surface area contributed by atoms with Crippen LogP contribution in [0.3, 0.4) is 0 Å². The van der Waals surface area contributed by atoms with Crippen LogP contribution in [0.1, 0.15) is 20.3 Å². The van der Waals surface area contributed by atoms with Crippen molar-refractivity contribution in [2.75, 3.05) is 26.2 Å². The van der Waals surface area contributed by atoms with Gasteiger partial charge in [-0.15, -0.1) is 0 Å². The molecule has 0 saturated carbocycles. The van der Waals surface area contributed by atoms with Crippen molar-refractivity contribution in [2.45, 2.75) is 20.3 Å². The molecule has 0 radical (unpaired) electrons. The SMILES string of the molecule is CCN.CCN.NCCCN. The predicted molar refractivity (Wildman–Crippen MR) is 52.2 cm³/mol. The van der Waals surface area contributed by atoms with Gasteiger partial charge in [0, 0.05) is 0 Å². The molecule has 4 nitrogen and oxygen atoms in total. The molecule has 0 aromatic carbocycles. The first kappa shape index (κ1) is 17.1. The summed E-state index contributed by atoms with van der Waals surface area (Å²) >= 11 is 0. The molecular weight excluding hydrogens is 140 g/mol. The molecule has 0 atom stereocenters. The van der Waals surface area contributed by atoms with Gasteiger partial charge in [-0.1, -0.05) is 13.8 Å². The van der Waals surface area contributed by atoms with E-state index in [1.54, 1.807) is 0 Å². The maximum Gasteiger partial charge on any atom is -0.00653 e. The van der Waals surface area contributed by atoms with E-state index in [4.69, 9.17) is 22.9 Å². The van der Waals surface area contributed by atoms with Gasteiger partial charge < -0.3 is 22.9 Å². The predicted octanol–water partition coefficient (Wildman–Crippen LogP) is -0.776. The third kappa shape index (κ3) is 179. The number of rotatable bonds is 2. The summed E-state index contributed by atoms with van der Waals surface area (Å²) in [5, 5.41) is 0. The second kappa shape index (κ2) is 32.8. The minimum absolute atomic E-state index is 0.719. The standard InChI is InChI=1S/C3H10N2.2C2H7N/c4-2-1-3-5;2*1-2-3/h1-5H2;2*2-3H2,1H3. The topological polar surface area (TPSA) is 104 Å². The number of nitrogens with two attached hydrogens (primary N) is 4. The number of hydrogen-bond donors (Lipinski definition) is 4. The monoisotopic (exact) mass is 164 g/mol. The second-order valence-electron chi connectivity index (χ2n) is 1.75. The van der Waals surface area contributed by atoms with Gasteiger partial charge in [-0.25, -0.2) is 0 Å². The summed E-state index contributed by atoms with van der Waals surface area (Å²) in [7, 11) is 0. The number of hydrogen-bond acceptors (Lipinski definition) is 4. The Balaban J connectivity index is -0.0000000933. The fraction of sp³-hybridized carbons (Fsp3) is 1.00. The third-order valence-electron chi connectivity index (χ3n) is 0.408. The van der Waals surface area contributed by atoms with Crippen molar-refractivity contribution in [3.05, 3.63) is 0 Å². The van der Waals surface area contributed by atoms with Gasteiger partial charge in [-0.2, -0.15) is 0 Å². The highest BCUT2D eigenvalue weighted by atomic mass is 14.6. The van der Waals surface area contributed by atoms with Crippen LogP contribution >= 0.6 is 0 Å². The summed E-state index contributed by atoms with van der Waals surface area (Å²) in [5.41, 5.74) is 19.8. The highest BCUT2D eigenvalue weighted by Crippen LogP contribution is 1.58. The van der Waals surface area contributed by atoms with E-state index in [0.717, 1.165) is 32.6 Å². The molecule has 4 heteroatoms. The van der Waals surface area contributed by atoms with Crippen molar-refractivity contribution in [1.29, 1.82) is 0 Å². The van der Waals surface area contributed by atoms with Crippen molar-refractivity contribution in [1.82, 2.24) is 0 Å². The molecule has 0 aliphatic heterocycles. The maximum absolute atomic E-state index is 5.06. The highest BCUT2D eigenvalue weighted by Gasteiger charge is 1.67. The second-order valence-corrected chi connectivity index (χ2v) is 1.75. The lowest BCUT2D eigenvalue weighted by Crippen LogP contribution is -2.06. The molecule has 0 aromatic heterocycles. The van der Waals surface area contributed by atoms with Crippen molar-refractivity contribution < 1.29 is 0 Å². The Morgan fingerprint density at radius 1 is 0.727 bits per heavy atom. The van der Waals surface area contributed by atoms with Crippen molar-refractivity contribution in [2.24, 2.45) is 22.9 Å². The van der Waals surface area contributed by atoms with Crippen LogP contribution < -0.4 is 22.9 Å². The molecule has 0 heterocycles. The zero-order valence-corrected chi connectivity index (χ0v) is 7.84. The minimum atomic E-state index is 0.719. The van der Waals surface area contributed by atoms with Crippen LogP contribution in [0.25, 0.3) is 0 Å². The Kier molecular flexibility index (Phi) is 51.0.